The summed E-state index contributed by atoms with van der Waals surface area (Å²) in [5.74, 6) is -2.03. The van der Waals surface area contributed by atoms with Crippen molar-refractivity contribution in [2.75, 3.05) is 17.5 Å². The SMILES string of the molecule is O=C(O)C[C@H]1OC[C@@H](c2ccc(Cl)cc2)N(C(CN(c2ncccc2F)S(=O)C2CC2)C2CC2)C1=O. The Labute approximate surface area is 216 Å². The van der Waals surface area contributed by atoms with Gasteiger partial charge in [0.2, 0.25) is 0 Å². The van der Waals surface area contributed by atoms with E-state index in [-0.39, 0.29) is 30.1 Å². The van der Waals surface area contributed by atoms with Crippen LogP contribution in [0.5, 0.6) is 0 Å². The van der Waals surface area contributed by atoms with E-state index in [4.69, 9.17) is 16.3 Å². The molecule has 1 amide bonds. The minimum absolute atomic E-state index is 0.000722. The Hall–Kier alpha value is -2.56. The van der Waals surface area contributed by atoms with Crippen molar-refractivity contribution in [3.63, 3.8) is 0 Å². The Kier molecular flexibility index (Phi) is 7.28. The molecule has 3 aliphatic rings. The van der Waals surface area contributed by atoms with Gasteiger partial charge in [-0.3, -0.25) is 13.9 Å². The lowest BCUT2D eigenvalue weighted by atomic mass is 9.97. The number of carbonyl (C=O) groups excluding carboxylic acids is 1. The number of hydrogen-bond donors (Lipinski definition) is 1. The highest BCUT2D eigenvalue weighted by molar-refractivity contribution is 7.87. The Morgan fingerprint density at radius 1 is 1.25 bits per heavy atom. The third-order valence-corrected chi connectivity index (χ3v) is 8.86. The first kappa shape index (κ1) is 25.1. The van der Waals surface area contributed by atoms with Gasteiger partial charge in [-0.2, -0.15) is 0 Å². The highest BCUT2D eigenvalue weighted by Gasteiger charge is 2.48. The number of benzene rings is 1. The standard InChI is InChI=1S/C25H27ClFN3O5S/c26-17-7-5-16(6-8-17)21-14-35-22(12-23(31)32)25(33)30(21)20(15-3-4-15)13-29(36(34)18-9-10-18)24-19(27)2-1-11-28-24/h1-2,5-8,11,15,18,20-22H,3-4,9-10,12-14H2,(H,31,32)/t20?,21-,22+,36?/m0/s1. The fourth-order valence-electron chi connectivity index (χ4n) is 4.69. The van der Waals surface area contributed by atoms with Crippen molar-refractivity contribution in [1.82, 2.24) is 9.88 Å². The number of anilines is 1. The first-order valence-corrected chi connectivity index (χ1v) is 13.6. The van der Waals surface area contributed by atoms with E-state index in [1.165, 1.54) is 22.6 Å². The number of nitrogens with zero attached hydrogens (tertiary/aromatic N) is 3. The van der Waals surface area contributed by atoms with E-state index in [0.29, 0.717) is 5.02 Å². The molecule has 2 heterocycles. The van der Waals surface area contributed by atoms with Gasteiger partial charge in [-0.25, -0.2) is 13.6 Å². The molecule has 36 heavy (non-hydrogen) atoms. The van der Waals surface area contributed by atoms with Crippen LogP contribution >= 0.6 is 11.6 Å². The maximum absolute atomic E-state index is 14.8. The highest BCUT2D eigenvalue weighted by Crippen LogP contribution is 2.42. The Bertz CT molecular complexity index is 1160. The summed E-state index contributed by atoms with van der Waals surface area (Å²) in [5, 5.41) is 9.82. The number of pyridine rings is 1. The largest absolute Gasteiger partial charge is 0.481 e. The molecule has 2 aliphatic carbocycles. The van der Waals surface area contributed by atoms with Gasteiger partial charge >= 0.3 is 5.97 Å². The van der Waals surface area contributed by atoms with Crippen LogP contribution in [0, 0.1) is 11.7 Å². The summed E-state index contributed by atoms with van der Waals surface area (Å²) in [6.07, 6.45) is 3.18. The van der Waals surface area contributed by atoms with Gasteiger partial charge in [0.1, 0.15) is 17.1 Å². The predicted octanol–water partition coefficient (Wildman–Crippen LogP) is 3.73. The van der Waals surface area contributed by atoms with Crippen LogP contribution in [0.2, 0.25) is 5.02 Å². The average Bonchev–Trinajstić information content (AvgIpc) is 3.76. The lowest BCUT2D eigenvalue weighted by Crippen LogP contribution is -2.58. The second-order valence-corrected chi connectivity index (χ2v) is 11.6. The van der Waals surface area contributed by atoms with Crippen LogP contribution in [0.25, 0.3) is 0 Å². The summed E-state index contributed by atoms with van der Waals surface area (Å²) in [6, 6.07) is 8.93. The molecule has 2 unspecified atom stereocenters. The summed E-state index contributed by atoms with van der Waals surface area (Å²) in [7, 11) is -1.51. The third kappa shape index (κ3) is 5.40. The van der Waals surface area contributed by atoms with Crippen LogP contribution in [0.3, 0.4) is 0 Å². The zero-order chi connectivity index (χ0) is 25.4. The van der Waals surface area contributed by atoms with Crippen molar-refractivity contribution >= 4 is 40.3 Å². The number of carboxylic acid groups (broad SMARTS) is 1. The molecule has 3 fully saturated rings. The van der Waals surface area contributed by atoms with E-state index in [1.54, 1.807) is 17.0 Å². The van der Waals surface area contributed by atoms with Crippen molar-refractivity contribution in [2.24, 2.45) is 5.92 Å². The van der Waals surface area contributed by atoms with Gasteiger partial charge < -0.3 is 14.7 Å². The molecule has 1 N–H and O–H groups in total. The zero-order valence-electron chi connectivity index (χ0n) is 19.5. The van der Waals surface area contributed by atoms with Crippen LogP contribution in [0.15, 0.2) is 42.6 Å². The van der Waals surface area contributed by atoms with Gasteiger partial charge in [0, 0.05) is 11.2 Å². The lowest BCUT2D eigenvalue weighted by Gasteiger charge is -2.45. The van der Waals surface area contributed by atoms with E-state index in [2.05, 4.69) is 4.98 Å². The van der Waals surface area contributed by atoms with Crippen molar-refractivity contribution in [3.8, 4) is 0 Å². The van der Waals surface area contributed by atoms with Gasteiger partial charge in [-0.05, 0) is 61.4 Å². The predicted molar refractivity (Wildman–Crippen MR) is 132 cm³/mol. The van der Waals surface area contributed by atoms with Gasteiger partial charge in [-0.15, -0.1) is 0 Å². The number of aromatic nitrogens is 1. The van der Waals surface area contributed by atoms with Crippen LogP contribution < -0.4 is 4.31 Å². The number of ether oxygens (including phenoxy) is 1. The summed E-state index contributed by atoms with van der Waals surface area (Å²) in [4.78, 5) is 31.0. The molecule has 2 aromatic rings. The Balaban J connectivity index is 1.52. The van der Waals surface area contributed by atoms with Crippen molar-refractivity contribution < 1.29 is 28.0 Å². The number of morpholine rings is 1. The molecule has 1 aromatic heterocycles. The number of amides is 1. The van der Waals surface area contributed by atoms with Crippen molar-refractivity contribution in [1.29, 1.82) is 0 Å². The molecule has 2 saturated carbocycles. The molecule has 1 aliphatic heterocycles. The van der Waals surface area contributed by atoms with Gasteiger partial charge in [-0.1, -0.05) is 23.7 Å². The lowest BCUT2D eigenvalue weighted by molar-refractivity contribution is -0.169. The Morgan fingerprint density at radius 2 is 1.97 bits per heavy atom. The molecule has 1 aromatic carbocycles. The highest BCUT2D eigenvalue weighted by atomic mass is 35.5. The van der Waals surface area contributed by atoms with E-state index < -0.39 is 53.3 Å². The van der Waals surface area contributed by atoms with E-state index in [1.807, 2.05) is 12.1 Å². The fourth-order valence-corrected chi connectivity index (χ4v) is 6.32. The van der Waals surface area contributed by atoms with Gasteiger partial charge in [0.25, 0.3) is 5.91 Å². The molecule has 4 atom stereocenters. The average molecular weight is 536 g/mol. The molecule has 11 heteroatoms. The van der Waals surface area contributed by atoms with Crippen molar-refractivity contribution in [3.05, 3.63) is 59.0 Å². The maximum atomic E-state index is 14.8. The van der Waals surface area contributed by atoms with Crippen LogP contribution in [-0.2, 0) is 25.3 Å². The number of halogens is 2. The number of carboxylic acids is 1. The maximum Gasteiger partial charge on any atom is 0.306 e. The minimum Gasteiger partial charge on any atom is -0.481 e. The first-order valence-electron chi connectivity index (χ1n) is 12.0. The molecule has 5 rings (SSSR count). The quantitative estimate of drug-likeness (QED) is 0.497. The molecule has 0 spiro atoms. The summed E-state index contributed by atoms with van der Waals surface area (Å²) >= 11 is 6.08. The normalized spacial score (nSPS) is 23.8. The van der Waals surface area contributed by atoms with Crippen LogP contribution in [0.1, 0.15) is 43.7 Å². The molecular formula is C25H27ClFN3O5S. The summed E-state index contributed by atoms with van der Waals surface area (Å²) in [6.45, 7) is 0.232. The third-order valence-electron chi connectivity index (χ3n) is 6.81. The number of carbonyl (C=O) groups is 2. The van der Waals surface area contributed by atoms with Gasteiger partial charge in [0.05, 0.1) is 36.9 Å². The molecular weight excluding hydrogens is 509 g/mol. The molecule has 0 radical (unpaired) electrons. The molecule has 0 bridgehead atoms. The number of aliphatic carboxylic acids is 1. The van der Waals surface area contributed by atoms with E-state index in [0.717, 1.165) is 31.2 Å². The smallest absolute Gasteiger partial charge is 0.306 e. The van der Waals surface area contributed by atoms with E-state index in [9.17, 15) is 23.3 Å². The minimum atomic E-state index is -1.51. The van der Waals surface area contributed by atoms with Crippen LogP contribution in [-0.4, -0.2) is 61.6 Å². The summed E-state index contributed by atoms with van der Waals surface area (Å²) in [5.41, 5.74) is 0.797. The first-order chi connectivity index (χ1) is 17.3. The Morgan fingerprint density at radius 3 is 2.58 bits per heavy atom. The number of rotatable bonds is 10. The second kappa shape index (κ2) is 10.4. The fraction of sp³-hybridized carbons (Fsp3) is 0.480. The number of hydrogen-bond acceptors (Lipinski definition) is 5. The zero-order valence-corrected chi connectivity index (χ0v) is 21.0. The second-order valence-electron chi connectivity index (χ2n) is 9.48. The summed E-state index contributed by atoms with van der Waals surface area (Å²) < 4.78 is 35.5. The van der Waals surface area contributed by atoms with Crippen molar-refractivity contribution in [2.45, 2.75) is 55.5 Å². The molecule has 192 valence electrons. The molecule has 1 saturated heterocycles. The van der Waals surface area contributed by atoms with E-state index >= 15 is 0 Å². The monoisotopic (exact) mass is 535 g/mol. The van der Waals surface area contributed by atoms with Gasteiger partial charge in [0.15, 0.2) is 11.6 Å². The van der Waals surface area contributed by atoms with Crippen LogP contribution in [0.4, 0.5) is 10.2 Å². The molecule has 8 nitrogen and oxygen atoms in total. The topological polar surface area (TPSA) is 100 Å².